The molecule has 0 saturated carbocycles. The average molecular weight is 217 g/mol. The van der Waals surface area contributed by atoms with E-state index in [1.807, 2.05) is 0 Å². The van der Waals surface area contributed by atoms with Gasteiger partial charge in [0.15, 0.2) is 5.15 Å². The fourth-order valence-corrected chi connectivity index (χ4v) is 1.69. The number of nitrogens with zero attached hydrogens (tertiary/aromatic N) is 2. The minimum atomic E-state index is -0.933. The molecule has 5 nitrogen and oxygen atoms in total. The van der Waals surface area contributed by atoms with Crippen LogP contribution < -0.4 is 4.74 Å². The summed E-state index contributed by atoms with van der Waals surface area (Å²) in [5.74, 6) is -0.430. The first kappa shape index (κ1) is 9.33. The van der Waals surface area contributed by atoms with E-state index in [0.717, 1.165) is 13.0 Å². The normalized spacial score (nSPS) is 14.6. The number of rotatable bonds is 2. The third kappa shape index (κ3) is 1.55. The van der Waals surface area contributed by atoms with Crippen molar-refractivity contribution in [3.8, 4) is 5.88 Å². The monoisotopic (exact) mass is 216 g/mol. The van der Waals surface area contributed by atoms with Gasteiger partial charge in [-0.3, -0.25) is 4.79 Å². The molecular weight excluding hydrogens is 208 g/mol. The summed E-state index contributed by atoms with van der Waals surface area (Å²) in [5, 5.41) is 12.9. The second kappa shape index (κ2) is 3.49. The number of ether oxygens (including phenoxy) is 1. The number of carboxylic acids is 1. The summed E-state index contributed by atoms with van der Waals surface area (Å²) in [6, 6.07) is 0. The van der Waals surface area contributed by atoms with E-state index in [1.54, 1.807) is 4.68 Å². The summed E-state index contributed by atoms with van der Waals surface area (Å²) in [6.45, 7) is 1.32. The number of aryl methyl sites for hydroxylation is 1. The molecule has 2 rings (SSSR count). The van der Waals surface area contributed by atoms with Crippen LogP contribution in [-0.2, 0) is 17.8 Å². The minimum Gasteiger partial charge on any atom is -0.481 e. The van der Waals surface area contributed by atoms with Crippen LogP contribution >= 0.6 is 11.6 Å². The number of halogens is 1. The van der Waals surface area contributed by atoms with Gasteiger partial charge in [0.25, 0.3) is 0 Å². The van der Waals surface area contributed by atoms with Crippen molar-refractivity contribution in [3.05, 3.63) is 10.7 Å². The van der Waals surface area contributed by atoms with Crippen LogP contribution in [0, 0.1) is 0 Å². The molecule has 0 spiro atoms. The highest BCUT2D eigenvalue weighted by Crippen LogP contribution is 2.29. The molecule has 1 N–H and O–H groups in total. The number of carboxylic acid groups (broad SMARTS) is 1. The first-order valence-corrected chi connectivity index (χ1v) is 4.66. The van der Waals surface area contributed by atoms with E-state index >= 15 is 0 Å². The van der Waals surface area contributed by atoms with Gasteiger partial charge in [0.05, 0.1) is 18.6 Å². The number of fused-ring (bicyclic) bond motifs is 1. The first-order valence-electron chi connectivity index (χ1n) is 4.28. The Hall–Kier alpha value is -1.23. The van der Waals surface area contributed by atoms with Gasteiger partial charge in [-0.15, -0.1) is 0 Å². The molecule has 0 unspecified atom stereocenters. The molecule has 0 aliphatic carbocycles. The van der Waals surface area contributed by atoms with E-state index in [2.05, 4.69) is 5.10 Å². The van der Waals surface area contributed by atoms with Gasteiger partial charge in [-0.2, -0.15) is 5.10 Å². The largest absolute Gasteiger partial charge is 0.481 e. The molecule has 0 fully saturated rings. The average Bonchev–Trinajstić information content (AvgIpc) is 2.43. The van der Waals surface area contributed by atoms with Gasteiger partial charge in [0, 0.05) is 13.0 Å². The second-order valence-corrected chi connectivity index (χ2v) is 3.43. The van der Waals surface area contributed by atoms with E-state index < -0.39 is 5.97 Å². The minimum absolute atomic E-state index is 0.145. The maximum Gasteiger partial charge on any atom is 0.308 e. The SMILES string of the molecule is O=C(O)Cc1c(Cl)nn2c1OCCC2. The molecule has 14 heavy (non-hydrogen) atoms. The lowest BCUT2D eigenvalue weighted by Gasteiger charge is -2.15. The Morgan fingerprint density at radius 2 is 2.50 bits per heavy atom. The Balaban J connectivity index is 2.37. The molecule has 0 radical (unpaired) electrons. The highest BCUT2D eigenvalue weighted by atomic mass is 35.5. The number of carbonyl (C=O) groups is 1. The Bertz CT molecular complexity index is 375. The smallest absolute Gasteiger partial charge is 0.308 e. The molecule has 1 aliphatic heterocycles. The zero-order chi connectivity index (χ0) is 10.1. The number of aromatic nitrogens is 2. The molecule has 76 valence electrons. The molecule has 2 heterocycles. The molecule has 0 amide bonds. The van der Waals surface area contributed by atoms with E-state index in [9.17, 15) is 4.79 Å². The third-order valence-electron chi connectivity index (χ3n) is 2.03. The van der Waals surface area contributed by atoms with Crippen LogP contribution in [0.1, 0.15) is 12.0 Å². The molecule has 1 aliphatic rings. The molecule has 0 aromatic carbocycles. The lowest BCUT2D eigenvalue weighted by atomic mass is 10.2. The Kier molecular flexibility index (Phi) is 2.33. The van der Waals surface area contributed by atoms with Crippen LogP contribution in [0.5, 0.6) is 5.88 Å². The summed E-state index contributed by atoms with van der Waals surface area (Å²) >= 11 is 5.80. The van der Waals surface area contributed by atoms with E-state index in [-0.39, 0.29) is 11.6 Å². The highest BCUT2D eigenvalue weighted by Gasteiger charge is 2.22. The molecule has 1 aromatic heterocycles. The zero-order valence-corrected chi connectivity index (χ0v) is 8.12. The summed E-state index contributed by atoms with van der Waals surface area (Å²) in [4.78, 5) is 10.6. The lowest BCUT2D eigenvalue weighted by Crippen LogP contribution is -2.15. The van der Waals surface area contributed by atoms with Crippen molar-refractivity contribution in [2.75, 3.05) is 6.61 Å². The maximum atomic E-state index is 10.6. The van der Waals surface area contributed by atoms with Gasteiger partial charge in [-0.05, 0) is 0 Å². The van der Waals surface area contributed by atoms with E-state index in [4.69, 9.17) is 21.4 Å². The van der Waals surface area contributed by atoms with Crippen LogP contribution in [-0.4, -0.2) is 27.5 Å². The summed E-state index contributed by atoms with van der Waals surface area (Å²) < 4.78 is 6.94. The fraction of sp³-hybridized carbons (Fsp3) is 0.500. The van der Waals surface area contributed by atoms with Crippen molar-refractivity contribution in [3.63, 3.8) is 0 Å². The number of hydrogen-bond donors (Lipinski definition) is 1. The molecular formula is C8H9ClN2O3. The van der Waals surface area contributed by atoms with Gasteiger partial charge < -0.3 is 9.84 Å². The van der Waals surface area contributed by atoms with Crippen LogP contribution in [0.25, 0.3) is 0 Å². The quantitative estimate of drug-likeness (QED) is 0.799. The lowest BCUT2D eigenvalue weighted by molar-refractivity contribution is -0.136. The van der Waals surface area contributed by atoms with Crippen molar-refractivity contribution in [1.29, 1.82) is 0 Å². The molecule has 0 saturated heterocycles. The highest BCUT2D eigenvalue weighted by molar-refractivity contribution is 6.30. The van der Waals surface area contributed by atoms with E-state index in [0.29, 0.717) is 18.1 Å². The topological polar surface area (TPSA) is 64.3 Å². The van der Waals surface area contributed by atoms with Crippen LogP contribution in [0.2, 0.25) is 5.15 Å². The summed E-state index contributed by atoms with van der Waals surface area (Å²) in [6.07, 6.45) is 0.728. The first-order chi connectivity index (χ1) is 6.68. The maximum absolute atomic E-state index is 10.6. The Morgan fingerprint density at radius 1 is 1.71 bits per heavy atom. The van der Waals surface area contributed by atoms with E-state index in [1.165, 1.54) is 0 Å². The zero-order valence-electron chi connectivity index (χ0n) is 7.36. The molecule has 6 heteroatoms. The van der Waals surface area contributed by atoms with Crippen molar-refractivity contribution >= 4 is 17.6 Å². The van der Waals surface area contributed by atoms with Crippen LogP contribution in [0.3, 0.4) is 0 Å². The standard InChI is InChI=1S/C8H9ClN2O3/c9-7-5(4-6(12)13)8-11(10-7)2-1-3-14-8/h1-4H2,(H,12,13). The summed E-state index contributed by atoms with van der Waals surface area (Å²) in [7, 11) is 0. The number of hydrogen-bond acceptors (Lipinski definition) is 3. The predicted molar refractivity (Wildman–Crippen MR) is 48.7 cm³/mol. The van der Waals surface area contributed by atoms with Crippen molar-refractivity contribution in [2.45, 2.75) is 19.4 Å². The molecule has 0 atom stereocenters. The van der Waals surface area contributed by atoms with Crippen molar-refractivity contribution < 1.29 is 14.6 Å². The Morgan fingerprint density at radius 3 is 3.21 bits per heavy atom. The van der Waals surface area contributed by atoms with Gasteiger partial charge >= 0.3 is 5.97 Å². The van der Waals surface area contributed by atoms with Gasteiger partial charge in [0.1, 0.15) is 0 Å². The summed E-state index contributed by atoms with van der Waals surface area (Å²) in [5.41, 5.74) is 0.471. The second-order valence-electron chi connectivity index (χ2n) is 3.07. The van der Waals surface area contributed by atoms with Crippen molar-refractivity contribution in [2.24, 2.45) is 0 Å². The molecule has 1 aromatic rings. The van der Waals surface area contributed by atoms with Gasteiger partial charge in [-0.25, -0.2) is 4.68 Å². The number of aliphatic carboxylic acids is 1. The van der Waals surface area contributed by atoms with Crippen LogP contribution in [0.15, 0.2) is 0 Å². The predicted octanol–water partition coefficient (Wildman–Crippen LogP) is 0.946. The Labute approximate surface area is 85.2 Å². The van der Waals surface area contributed by atoms with Gasteiger partial charge in [0.2, 0.25) is 5.88 Å². The molecule has 0 bridgehead atoms. The van der Waals surface area contributed by atoms with Gasteiger partial charge in [-0.1, -0.05) is 11.6 Å². The third-order valence-corrected chi connectivity index (χ3v) is 2.33. The fourth-order valence-electron chi connectivity index (χ4n) is 1.45. The van der Waals surface area contributed by atoms with Crippen LogP contribution in [0.4, 0.5) is 0 Å². The van der Waals surface area contributed by atoms with Crippen molar-refractivity contribution in [1.82, 2.24) is 9.78 Å².